The van der Waals surface area contributed by atoms with E-state index in [4.69, 9.17) is 9.84 Å². The van der Waals surface area contributed by atoms with E-state index < -0.39 is 17.7 Å². The van der Waals surface area contributed by atoms with Crippen LogP contribution in [-0.2, 0) is 11.3 Å². The molecular formula is C18H16FNO3. The summed E-state index contributed by atoms with van der Waals surface area (Å²) < 4.78 is 18.1. The summed E-state index contributed by atoms with van der Waals surface area (Å²) in [4.78, 5) is 11.5. The van der Waals surface area contributed by atoms with Crippen molar-refractivity contribution in [3.63, 3.8) is 0 Å². The molecule has 0 bridgehead atoms. The van der Waals surface area contributed by atoms with Gasteiger partial charge in [0.2, 0.25) is 0 Å². The van der Waals surface area contributed by atoms with Gasteiger partial charge < -0.3 is 15.2 Å². The highest BCUT2D eigenvalue weighted by atomic mass is 19.1. The van der Waals surface area contributed by atoms with Crippen LogP contribution in [0.1, 0.15) is 17.5 Å². The summed E-state index contributed by atoms with van der Waals surface area (Å²) in [5.41, 5.74) is 1.38. The molecule has 0 unspecified atom stereocenters. The van der Waals surface area contributed by atoms with Crippen LogP contribution >= 0.6 is 0 Å². The first-order valence-electron chi connectivity index (χ1n) is 7.07. The lowest BCUT2D eigenvalue weighted by Crippen LogP contribution is -2.24. The van der Waals surface area contributed by atoms with Crippen molar-refractivity contribution in [2.75, 3.05) is 6.54 Å². The molecule has 0 radical (unpaired) electrons. The van der Waals surface area contributed by atoms with E-state index >= 15 is 0 Å². The van der Waals surface area contributed by atoms with Gasteiger partial charge in [-0.3, -0.25) is 0 Å². The number of halogens is 1. The van der Waals surface area contributed by atoms with Gasteiger partial charge in [-0.1, -0.05) is 42.2 Å². The number of ether oxygens (including phenoxy) is 1. The second-order valence-corrected chi connectivity index (χ2v) is 4.71. The average Bonchev–Trinajstić information content (AvgIpc) is 2.57. The van der Waals surface area contributed by atoms with Gasteiger partial charge in [0.25, 0.3) is 0 Å². The molecule has 0 aliphatic carbocycles. The molecule has 4 nitrogen and oxygen atoms in total. The molecule has 0 aromatic heterocycles. The molecule has 0 spiro atoms. The van der Waals surface area contributed by atoms with Crippen molar-refractivity contribution in [2.24, 2.45) is 0 Å². The number of phenolic OH excluding ortho intramolecular Hbond substituents is 1. The first-order valence-corrected chi connectivity index (χ1v) is 7.07. The van der Waals surface area contributed by atoms with E-state index in [1.165, 1.54) is 12.1 Å². The lowest BCUT2D eigenvalue weighted by Gasteiger charge is -2.05. The number of phenols is 1. The summed E-state index contributed by atoms with van der Waals surface area (Å²) in [7, 11) is 0. The number of rotatable bonds is 4. The van der Waals surface area contributed by atoms with Crippen LogP contribution in [0.25, 0.3) is 0 Å². The third-order valence-corrected chi connectivity index (χ3v) is 2.91. The SMILES string of the molecule is O=C(NCCC#Cc1ccc(O)c(F)c1)OCc1ccccc1. The summed E-state index contributed by atoms with van der Waals surface area (Å²) in [5.74, 6) is 4.45. The summed E-state index contributed by atoms with van der Waals surface area (Å²) >= 11 is 0. The fourth-order valence-electron chi connectivity index (χ4n) is 1.75. The minimum atomic E-state index is -0.709. The van der Waals surface area contributed by atoms with E-state index in [2.05, 4.69) is 17.2 Å². The Morgan fingerprint density at radius 2 is 2.00 bits per heavy atom. The lowest BCUT2D eigenvalue weighted by molar-refractivity contribution is 0.140. The smallest absolute Gasteiger partial charge is 0.407 e. The molecule has 2 rings (SSSR count). The van der Waals surface area contributed by atoms with Gasteiger partial charge in [0.1, 0.15) is 6.61 Å². The molecular weight excluding hydrogens is 297 g/mol. The Hall–Kier alpha value is -3.00. The van der Waals surface area contributed by atoms with Gasteiger partial charge in [-0.25, -0.2) is 9.18 Å². The van der Waals surface area contributed by atoms with Gasteiger partial charge in [0.05, 0.1) is 0 Å². The van der Waals surface area contributed by atoms with E-state index in [1.54, 1.807) is 0 Å². The predicted octanol–water partition coefficient (Wildman–Crippen LogP) is 3.20. The molecule has 0 atom stereocenters. The van der Waals surface area contributed by atoms with E-state index in [9.17, 15) is 9.18 Å². The molecule has 0 aliphatic rings. The van der Waals surface area contributed by atoms with Crippen molar-refractivity contribution in [1.82, 2.24) is 5.32 Å². The van der Waals surface area contributed by atoms with Crippen LogP contribution in [0.5, 0.6) is 5.75 Å². The Labute approximate surface area is 133 Å². The van der Waals surface area contributed by atoms with Crippen LogP contribution in [0.2, 0.25) is 0 Å². The Kier molecular flexibility index (Phi) is 6.01. The van der Waals surface area contributed by atoms with Crippen molar-refractivity contribution in [3.05, 3.63) is 65.5 Å². The summed E-state index contributed by atoms with van der Waals surface area (Å²) in [5, 5.41) is 11.6. The van der Waals surface area contributed by atoms with Gasteiger partial charge >= 0.3 is 6.09 Å². The van der Waals surface area contributed by atoms with Crippen molar-refractivity contribution < 1.29 is 19.0 Å². The number of amides is 1. The molecule has 0 aliphatic heterocycles. The average molecular weight is 313 g/mol. The maximum absolute atomic E-state index is 13.1. The van der Waals surface area contributed by atoms with Gasteiger partial charge in [-0.15, -0.1) is 0 Å². The number of alkyl carbamates (subject to hydrolysis) is 1. The number of nitrogens with one attached hydrogen (secondary N) is 1. The topological polar surface area (TPSA) is 58.6 Å². The quantitative estimate of drug-likeness (QED) is 0.673. The maximum atomic E-state index is 13.1. The minimum Gasteiger partial charge on any atom is -0.505 e. The summed E-state index contributed by atoms with van der Waals surface area (Å²) in [6.45, 7) is 0.548. The largest absolute Gasteiger partial charge is 0.505 e. The molecule has 1 amide bonds. The zero-order chi connectivity index (χ0) is 16.5. The van der Waals surface area contributed by atoms with Crippen molar-refractivity contribution in [3.8, 4) is 17.6 Å². The lowest BCUT2D eigenvalue weighted by atomic mass is 10.2. The highest BCUT2D eigenvalue weighted by molar-refractivity contribution is 5.67. The van der Waals surface area contributed by atoms with Gasteiger partial charge in [-0.05, 0) is 23.8 Å². The normalized spacial score (nSPS) is 9.61. The van der Waals surface area contributed by atoms with Crippen molar-refractivity contribution in [1.29, 1.82) is 0 Å². The van der Waals surface area contributed by atoms with Crippen LogP contribution in [0.4, 0.5) is 9.18 Å². The Morgan fingerprint density at radius 1 is 1.22 bits per heavy atom. The molecule has 5 heteroatoms. The van der Waals surface area contributed by atoms with Crippen LogP contribution in [0, 0.1) is 17.7 Å². The van der Waals surface area contributed by atoms with Crippen LogP contribution in [0.3, 0.4) is 0 Å². The molecule has 0 saturated carbocycles. The number of aromatic hydroxyl groups is 1. The molecule has 0 fully saturated rings. The van der Waals surface area contributed by atoms with Crippen LogP contribution in [0.15, 0.2) is 48.5 Å². The molecule has 2 aromatic carbocycles. The van der Waals surface area contributed by atoms with Gasteiger partial charge in [0.15, 0.2) is 11.6 Å². The standard InChI is InChI=1S/C18H16FNO3/c19-16-12-14(9-10-17(16)21)6-4-5-11-20-18(22)23-13-15-7-2-1-3-8-15/h1-3,7-10,12,21H,5,11,13H2,(H,20,22). The predicted molar refractivity (Wildman–Crippen MR) is 84.2 cm³/mol. The fraction of sp³-hybridized carbons (Fsp3) is 0.167. The monoisotopic (exact) mass is 313 g/mol. The molecule has 0 heterocycles. The molecule has 2 N–H and O–H groups in total. The zero-order valence-corrected chi connectivity index (χ0v) is 12.4. The maximum Gasteiger partial charge on any atom is 0.407 e. The summed E-state index contributed by atoms with van der Waals surface area (Å²) in [6, 6.07) is 13.3. The third-order valence-electron chi connectivity index (χ3n) is 2.91. The van der Waals surface area contributed by atoms with E-state index in [1.807, 2.05) is 30.3 Å². The number of carbonyl (C=O) groups excluding carboxylic acids is 1. The number of carbonyl (C=O) groups is 1. The summed E-state index contributed by atoms with van der Waals surface area (Å²) in [6.07, 6.45) is -0.102. The second-order valence-electron chi connectivity index (χ2n) is 4.71. The van der Waals surface area contributed by atoms with Crippen LogP contribution < -0.4 is 5.32 Å². The third kappa shape index (κ3) is 5.71. The minimum absolute atomic E-state index is 0.213. The van der Waals surface area contributed by atoms with Crippen LogP contribution in [-0.4, -0.2) is 17.7 Å². The Balaban J connectivity index is 1.68. The number of benzene rings is 2. The van der Waals surface area contributed by atoms with E-state index in [-0.39, 0.29) is 6.61 Å². The Bertz CT molecular complexity index is 720. The van der Waals surface area contributed by atoms with Gasteiger partial charge in [-0.2, -0.15) is 0 Å². The molecule has 23 heavy (non-hydrogen) atoms. The van der Waals surface area contributed by atoms with E-state index in [0.29, 0.717) is 18.5 Å². The first kappa shape index (κ1) is 16.4. The Morgan fingerprint density at radius 3 is 2.74 bits per heavy atom. The second kappa shape index (κ2) is 8.44. The number of hydrogen-bond acceptors (Lipinski definition) is 3. The molecule has 118 valence electrons. The molecule has 0 saturated heterocycles. The van der Waals surface area contributed by atoms with Gasteiger partial charge in [0, 0.05) is 18.5 Å². The highest BCUT2D eigenvalue weighted by Crippen LogP contribution is 2.15. The number of hydrogen-bond donors (Lipinski definition) is 2. The van der Waals surface area contributed by atoms with E-state index in [0.717, 1.165) is 11.6 Å². The van der Waals surface area contributed by atoms with Crippen molar-refractivity contribution >= 4 is 6.09 Å². The fourth-order valence-corrected chi connectivity index (χ4v) is 1.75. The highest BCUT2D eigenvalue weighted by Gasteiger charge is 2.01. The first-order chi connectivity index (χ1) is 11.1. The van der Waals surface area contributed by atoms with Crippen molar-refractivity contribution in [2.45, 2.75) is 13.0 Å². The molecule has 2 aromatic rings. The zero-order valence-electron chi connectivity index (χ0n) is 12.4.